The average molecular weight is 516 g/mol. The Hall–Kier alpha value is -2.01. The molecule has 37 heavy (non-hydrogen) atoms. The predicted molar refractivity (Wildman–Crippen MR) is 153 cm³/mol. The Bertz CT molecular complexity index is 858. The Balaban J connectivity index is 0.00000163. The highest BCUT2D eigenvalue weighted by atomic mass is 16.5. The normalized spacial score (nSPS) is 28.9. The lowest BCUT2D eigenvalue weighted by molar-refractivity contribution is -0.149. The van der Waals surface area contributed by atoms with Gasteiger partial charge in [-0.15, -0.1) is 0 Å². The van der Waals surface area contributed by atoms with E-state index in [0.29, 0.717) is 24.7 Å². The van der Waals surface area contributed by atoms with Crippen LogP contribution in [0.5, 0.6) is 0 Å². The largest absolute Gasteiger partial charge is 0.458 e. The van der Waals surface area contributed by atoms with E-state index in [-0.39, 0.29) is 24.3 Å². The lowest BCUT2D eigenvalue weighted by atomic mass is 9.76. The first-order valence-electron chi connectivity index (χ1n) is 14.6. The van der Waals surface area contributed by atoms with Crippen LogP contribution in [0.15, 0.2) is 23.9 Å². The smallest absolute Gasteiger partial charge is 0.306 e. The molecule has 1 aliphatic heterocycles. The number of carbonyl (C=O) groups is 2. The van der Waals surface area contributed by atoms with Crippen molar-refractivity contribution in [1.82, 2.24) is 4.98 Å². The maximum atomic E-state index is 13.0. The summed E-state index contributed by atoms with van der Waals surface area (Å²) in [6.45, 7) is 17.6. The van der Waals surface area contributed by atoms with Crippen molar-refractivity contribution in [3.05, 3.63) is 35.2 Å². The Morgan fingerprint density at radius 3 is 2.32 bits per heavy atom. The van der Waals surface area contributed by atoms with Crippen molar-refractivity contribution < 1.29 is 19.4 Å². The number of fused-ring (bicyclic) bond motifs is 1. The fourth-order valence-electron chi connectivity index (χ4n) is 5.00. The monoisotopic (exact) mass is 515 g/mol. The van der Waals surface area contributed by atoms with Gasteiger partial charge in [0.15, 0.2) is 0 Å². The Morgan fingerprint density at radius 2 is 1.70 bits per heavy atom. The minimum atomic E-state index is -0.676. The fraction of sp³-hybridized carbons (Fsp3) is 0.719. The van der Waals surface area contributed by atoms with Gasteiger partial charge in [0.25, 0.3) is 0 Å². The quantitative estimate of drug-likeness (QED) is 0.408. The summed E-state index contributed by atoms with van der Waals surface area (Å²) in [6, 6.07) is 4.02. The van der Waals surface area contributed by atoms with E-state index in [1.165, 1.54) is 6.42 Å². The zero-order valence-electron chi connectivity index (χ0n) is 25.0. The summed E-state index contributed by atoms with van der Waals surface area (Å²) >= 11 is 0. The predicted octanol–water partition coefficient (Wildman–Crippen LogP) is 7.73. The lowest BCUT2D eigenvalue weighted by Gasteiger charge is -2.29. The maximum Gasteiger partial charge on any atom is 0.306 e. The fourth-order valence-corrected chi connectivity index (χ4v) is 5.00. The van der Waals surface area contributed by atoms with Crippen LogP contribution in [-0.2, 0) is 14.3 Å². The third-order valence-electron chi connectivity index (χ3n) is 7.61. The van der Waals surface area contributed by atoms with E-state index in [2.05, 4.69) is 4.98 Å². The van der Waals surface area contributed by atoms with Crippen molar-refractivity contribution in [3.8, 4) is 0 Å². The SMILES string of the molecule is C/C(=C\c1ccc(C)cn1)C1CC2CC2CCCCC(O)[C@@H](C)C(=O)C(C)(C)CCC(=O)O1.CC.CC. The summed E-state index contributed by atoms with van der Waals surface area (Å²) in [7, 11) is 0. The molecule has 0 spiro atoms. The number of Topliss-reactive ketones (excluding diaryl/α,β-unsaturated/α-hetero) is 1. The second kappa shape index (κ2) is 16.1. The third kappa shape index (κ3) is 10.7. The molecule has 2 fully saturated rings. The lowest BCUT2D eigenvalue weighted by Crippen LogP contribution is -2.36. The van der Waals surface area contributed by atoms with Crippen LogP contribution in [0.1, 0.15) is 118 Å². The highest BCUT2D eigenvalue weighted by Crippen LogP contribution is 2.47. The van der Waals surface area contributed by atoms with Crippen molar-refractivity contribution in [3.63, 3.8) is 0 Å². The van der Waals surface area contributed by atoms with E-state index in [4.69, 9.17) is 4.74 Å². The van der Waals surface area contributed by atoms with E-state index in [1.807, 2.05) is 86.7 Å². The molecule has 0 aromatic carbocycles. The van der Waals surface area contributed by atoms with Gasteiger partial charge in [-0.2, -0.15) is 0 Å². The van der Waals surface area contributed by atoms with Crippen molar-refractivity contribution in [2.24, 2.45) is 23.2 Å². The van der Waals surface area contributed by atoms with E-state index >= 15 is 0 Å². The number of aromatic nitrogens is 1. The first-order valence-corrected chi connectivity index (χ1v) is 14.6. The highest BCUT2D eigenvalue weighted by Gasteiger charge is 2.40. The Morgan fingerprint density at radius 1 is 1.05 bits per heavy atom. The third-order valence-corrected chi connectivity index (χ3v) is 7.61. The maximum absolute atomic E-state index is 13.0. The molecule has 5 heteroatoms. The molecular weight excluding hydrogens is 462 g/mol. The van der Waals surface area contributed by atoms with Gasteiger partial charge in [-0.25, -0.2) is 0 Å². The van der Waals surface area contributed by atoms with Gasteiger partial charge in [-0.05, 0) is 74.6 Å². The zero-order chi connectivity index (χ0) is 28.2. The van der Waals surface area contributed by atoms with Crippen LogP contribution in [-0.4, -0.2) is 34.1 Å². The van der Waals surface area contributed by atoms with Crippen LogP contribution >= 0.6 is 0 Å². The van der Waals surface area contributed by atoms with E-state index in [0.717, 1.165) is 42.5 Å². The van der Waals surface area contributed by atoms with Crippen LogP contribution < -0.4 is 0 Å². The molecule has 1 aliphatic carbocycles. The van der Waals surface area contributed by atoms with Crippen molar-refractivity contribution in [1.29, 1.82) is 0 Å². The standard InChI is InChI=1S/C28H41NO4.2C2H6/c1-18-10-11-23(29-17-18)14-19(2)25-16-22-15-21(22)8-6-7-9-24(30)20(3)27(32)28(4,5)13-12-26(31)33-25;2*1-2/h10-11,14,17,20-22,24-25,30H,6-9,12-13,15-16H2,1-5H3;2*1-2H3/b19-14+;;/t20-,21?,22?,24?,25?;;/m1../s1. The molecule has 5 atom stereocenters. The van der Waals surface area contributed by atoms with Crippen LogP contribution in [0.25, 0.3) is 6.08 Å². The van der Waals surface area contributed by atoms with Gasteiger partial charge < -0.3 is 9.84 Å². The number of ether oxygens (including phenoxy) is 1. The van der Waals surface area contributed by atoms with Gasteiger partial charge in [-0.3, -0.25) is 14.6 Å². The van der Waals surface area contributed by atoms with Gasteiger partial charge in [0.2, 0.25) is 0 Å². The van der Waals surface area contributed by atoms with Gasteiger partial charge in [-0.1, -0.05) is 73.8 Å². The average Bonchev–Trinajstić information content (AvgIpc) is 3.64. The number of hydrogen-bond donors (Lipinski definition) is 1. The van der Waals surface area contributed by atoms with E-state index < -0.39 is 17.4 Å². The number of nitrogens with zero attached hydrogens (tertiary/aromatic N) is 1. The first kappa shape index (κ1) is 33.0. The van der Waals surface area contributed by atoms with Gasteiger partial charge >= 0.3 is 5.97 Å². The molecule has 1 aromatic rings. The number of rotatable bonds is 2. The molecule has 1 aromatic heterocycles. The summed E-state index contributed by atoms with van der Waals surface area (Å²) < 4.78 is 5.99. The van der Waals surface area contributed by atoms with Crippen LogP contribution in [0, 0.1) is 30.1 Å². The Labute approximate surface area is 226 Å². The number of ketones is 1. The molecule has 0 radical (unpaired) electrons. The molecule has 2 heterocycles. The molecule has 1 N–H and O–H groups in total. The number of carbonyl (C=O) groups excluding carboxylic acids is 2. The molecule has 1 saturated carbocycles. The van der Waals surface area contributed by atoms with Crippen LogP contribution in [0.3, 0.4) is 0 Å². The van der Waals surface area contributed by atoms with Gasteiger partial charge in [0, 0.05) is 24.0 Å². The number of hydrogen-bond acceptors (Lipinski definition) is 5. The summed E-state index contributed by atoms with van der Waals surface area (Å²) in [5.74, 6) is 0.585. The summed E-state index contributed by atoms with van der Waals surface area (Å²) in [5, 5.41) is 10.5. The highest BCUT2D eigenvalue weighted by molar-refractivity contribution is 5.87. The molecule has 5 nitrogen and oxygen atoms in total. The second-order valence-corrected chi connectivity index (χ2v) is 11.0. The minimum Gasteiger partial charge on any atom is -0.458 e. The molecular formula is C32H53NO4. The number of esters is 1. The zero-order valence-corrected chi connectivity index (χ0v) is 25.0. The van der Waals surface area contributed by atoms with Crippen LogP contribution in [0.2, 0.25) is 0 Å². The second-order valence-electron chi connectivity index (χ2n) is 11.0. The molecule has 0 bridgehead atoms. The minimum absolute atomic E-state index is 0.0234. The summed E-state index contributed by atoms with van der Waals surface area (Å²) in [4.78, 5) is 30.3. The molecule has 1 saturated heterocycles. The topological polar surface area (TPSA) is 76.5 Å². The first-order chi connectivity index (χ1) is 17.6. The molecule has 2 aliphatic rings. The van der Waals surface area contributed by atoms with Crippen molar-refractivity contribution in [2.45, 2.75) is 126 Å². The molecule has 0 amide bonds. The number of aliphatic hydroxyl groups is 1. The number of pyridine rings is 1. The van der Waals surface area contributed by atoms with Gasteiger partial charge in [0.1, 0.15) is 11.9 Å². The van der Waals surface area contributed by atoms with Crippen molar-refractivity contribution in [2.75, 3.05) is 0 Å². The summed E-state index contributed by atoms with van der Waals surface area (Å²) in [5.41, 5.74) is 2.32. The van der Waals surface area contributed by atoms with Crippen molar-refractivity contribution >= 4 is 17.8 Å². The van der Waals surface area contributed by atoms with E-state index in [9.17, 15) is 14.7 Å². The molecule has 210 valence electrons. The number of cyclic esters (lactones) is 1. The molecule has 3 rings (SSSR count). The number of aliphatic hydroxyl groups excluding tert-OH is 1. The summed E-state index contributed by atoms with van der Waals surface area (Å²) in [6.07, 6.45) is 9.43. The Kier molecular flexibility index (Phi) is 14.3. The number of aryl methyl sites for hydroxylation is 1. The van der Waals surface area contributed by atoms with Crippen LogP contribution in [0.4, 0.5) is 0 Å². The van der Waals surface area contributed by atoms with Gasteiger partial charge in [0.05, 0.1) is 11.8 Å². The molecule has 4 unspecified atom stereocenters. The van der Waals surface area contributed by atoms with E-state index in [1.54, 1.807) is 0 Å².